The van der Waals surface area contributed by atoms with E-state index in [4.69, 9.17) is 0 Å². The van der Waals surface area contributed by atoms with E-state index in [1.807, 2.05) is 35.9 Å². The third-order valence-corrected chi connectivity index (χ3v) is 4.74. The van der Waals surface area contributed by atoms with E-state index in [1.54, 1.807) is 18.2 Å². The average molecular weight is 302 g/mol. The van der Waals surface area contributed by atoms with Crippen molar-refractivity contribution < 1.29 is 8.60 Å². The third kappa shape index (κ3) is 2.61. The molecule has 2 aromatic carbocycles. The molecule has 5 heteroatoms. The van der Waals surface area contributed by atoms with E-state index < -0.39 is 16.6 Å². The van der Waals surface area contributed by atoms with Gasteiger partial charge in [-0.3, -0.25) is 8.89 Å². The highest BCUT2D eigenvalue weighted by Crippen LogP contribution is 2.22. The molecule has 21 heavy (non-hydrogen) atoms. The van der Waals surface area contributed by atoms with Crippen LogP contribution in [0.4, 0.5) is 4.39 Å². The Morgan fingerprint density at radius 2 is 1.86 bits per heavy atom. The fraction of sp³-hybridized carbons (Fsp3) is 0.188. The van der Waals surface area contributed by atoms with Gasteiger partial charge in [0.05, 0.1) is 32.7 Å². The van der Waals surface area contributed by atoms with Gasteiger partial charge in [-0.05, 0) is 25.1 Å². The normalized spacial score (nSPS) is 12.7. The molecule has 0 spiro atoms. The second-order valence-corrected chi connectivity index (χ2v) is 6.12. The van der Waals surface area contributed by atoms with Crippen molar-refractivity contribution >= 4 is 21.7 Å². The zero-order valence-corrected chi connectivity index (χ0v) is 12.4. The van der Waals surface area contributed by atoms with Crippen molar-refractivity contribution in [3.05, 3.63) is 60.0 Å². The molecule has 0 fully saturated rings. The van der Waals surface area contributed by atoms with Gasteiger partial charge in [-0.2, -0.15) is 5.10 Å². The summed E-state index contributed by atoms with van der Waals surface area (Å²) in [4.78, 5) is 0.229. The summed E-state index contributed by atoms with van der Waals surface area (Å²) < 4.78 is 28.0. The lowest BCUT2D eigenvalue weighted by Crippen LogP contribution is -2.02. The van der Waals surface area contributed by atoms with E-state index in [1.165, 1.54) is 6.07 Å². The van der Waals surface area contributed by atoms with Crippen molar-refractivity contribution in [2.45, 2.75) is 24.1 Å². The number of rotatable bonds is 4. The van der Waals surface area contributed by atoms with Crippen LogP contribution in [0.15, 0.2) is 53.4 Å². The van der Waals surface area contributed by atoms with E-state index in [2.05, 4.69) is 5.10 Å². The molecule has 1 unspecified atom stereocenters. The molecule has 108 valence electrons. The molecule has 3 nitrogen and oxygen atoms in total. The van der Waals surface area contributed by atoms with E-state index in [0.29, 0.717) is 0 Å². The summed E-state index contributed by atoms with van der Waals surface area (Å²) in [7, 11) is -1.44. The first-order valence-electron chi connectivity index (χ1n) is 6.78. The Balaban J connectivity index is 1.99. The number of halogens is 1. The van der Waals surface area contributed by atoms with Crippen molar-refractivity contribution in [3.63, 3.8) is 0 Å². The summed E-state index contributed by atoms with van der Waals surface area (Å²) in [5.74, 6) is -0.218. The van der Waals surface area contributed by atoms with E-state index in [-0.39, 0.29) is 10.6 Å². The Morgan fingerprint density at radius 3 is 2.62 bits per heavy atom. The van der Waals surface area contributed by atoms with Crippen LogP contribution in [0.1, 0.15) is 12.6 Å². The number of hydrogen-bond acceptors (Lipinski definition) is 2. The van der Waals surface area contributed by atoms with Gasteiger partial charge in [0.15, 0.2) is 0 Å². The lowest BCUT2D eigenvalue weighted by molar-refractivity contribution is 0.595. The van der Waals surface area contributed by atoms with E-state index in [9.17, 15) is 8.60 Å². The minimum Gasteiger partial charge on any atom is -0.265 e. The maximum absolute atomic E-state index is 13.7. The van der Waals surface area contributed by atoms with Crippen molar-refractivity contribution in [2.24, 2.45) is 0 Å². The Bertz CT molecular complexity index is 813. The number of hydrogen-bond donors (Lipinski definition) is 0. The summed E-state index contributed by atoms with van der Waals surface area (Å²) in [6.45, 7) is 2.75. The van der Waals surface area contributed by atoms with Crippen LogP contribution in [0.3, 0.4) is 0 Å². The van der Waals surface area contributed by atoms with Crippen LogP contribution in [0.2, 0.25) is 0 Å². The Morgan fingerprint density at radius 1 is 1.14 bits per heavy atom. The molecule has 3 rings (SSSR count). The molecular formula is C16H15FN2OS. The van der Waals surface area contributed by atoms with Crippen molar-refractivity contribution in [3.8, 4) is 0 Å². The van der Waals surface area contributed by atoms with Gasteiger partial charge in [-0.15, -0.1) is 0 Å². The maximum Gasteiger partial charge on any atom is 0.139 e. The predicted molar refractivity (Wildman–Crippen MR) is 81.9 cm³/mol. The van der Waals surface area contributed by atoms with Crippen LogP contribution in [-0.2, 0) is 23.1 Å². The minimum atomic E-state index is -1.44. The second-order valence-electron chi connectivity index (χ2n) is 4.70. The zero-order chi connectivity index (χ0) is 14.8. The maximum atomic E-state index is 13.7. The SMILES string of the molecule is CCn1nc(CS(=O)c2ccccc2F)c2ccccc21. The molecule has 0 aliphatic rings. The molecule has 1 aromatic heterocycles. The van der Waals surface area contributed by atoms with Crippen LogP contribution in [0.25, 0.3) is 10.9 Å². The lowest BCUT2D eigenvalue weighted by Gasteiger charge is -2.02. The molecule has 0 saturated carbocycles. The fourth-order valence-electron chi connectivity index (χ4n) is 2.38. The number of benzene rings is 2. The molecule has 3 aromatic rings. The van der Waals surface area contributed by atoms with Crippen LogP contribution < -0.4 is 0 Å². The molecule has 0 aliphatic heterocycles. The highest BCUT2D eigenvalue weighted by molar-refractivity contribution is 7.84. The van der Waals surface area contributed by atoms with Crippen molar-refractivity contribution in [2.75, 3.05) is 0 Å². The molecule has 0 bridgehead atoms. The van der Waals surface area contributed by atoms with Crippen LogP contribution in [-0.4, -0.2) is 14.0 Å². The molecule has 0 aliphatic carbocycles. The number of para-hydroxylation sites is 1. The van der Waals surface area contributed by atoms with Gasteiger partial charge in [0.1, 0.15) is 5.82 Å². The summed E-state index contributed by atoms with van der Waals surface area (Å²) in [5, 5.41) is 5.48. The number of aryl methyl sites for hydroxylation is 1. The molecule has 0 radical (unpaired) electrons. The molecule has 0 N–H and O–H groups in total. The van der Waals surface area contributed by atoms with Gasteiger partial charge in [0.25, 0.3) is 0 Å². The summed E-state index contributed by atoms with van der Waals surface area (Å²) in [5.41, 5.74) is 1.76. The van der Waals surface area contributed by atoms with Gasteiger partial charge < -0.3 is 0 Å². The number of aromatic nitrogens is 2. The van der Waals surface area contributed by atoms with Crippen LogP contribution >= 0.6 is 0 Å². The highest BCUT2D eigenvalue weighted by atomic mass is 32.2. The van der Waals surface area contributed by atoms with Crippen LogP contribution in [0.5, 0.6) is 0 Å². The first-order valence-corrected chi connectivity index (χ1v) is 8.10. The molecule has 1 heterocycles. The first-order chi connectivity index (χ1) is 10.2. The summed E-state index contributed by atoms with van der Waals surface area (Å²) in [6, 6.07) is 14.0. The molecule has 0 amide bonds. The Labute approximate surface area is 124 Å². The number of fused-ring (bicyclic) bond motifs is 1. The van der Waals surface area contributed by atoms with Crippen molar-refractivity contribution in [1.82, 2.24) is 9.78 Å². The smallest absolute Gasteiger partial charge is 0.139 e. The van der Waals surface area contributed by atoms with Gasteiger partial charge in [-0.25, -0.2) is 4.39 Å². The fourth-order valence-corrected chi connectivity index (χ4v) is 3.51. The average Bonchev–Trinajstić information content (AvgIpc) is 2.86. The Hall–Kier alpha value is -2.01. The van der Waals surface area contributed by atoms with Gasteiger partial charge >= 0.3 is 0 Å². The molecule has 0 saturated heterocycles. The quantitative estimate of drug-likeness (QED) is 0.739. The third-order valence-electron chi connectivity index (χ3n) is 3.38. The predicted octanol–water partition coefficient (Wildman–Crippen LogP) is 3.50. The largest absolute Gasteiger partial charge is 0.265 e. The van der Waals surface area contributed by atoms with E-state index >= 15 is 0 Å². The van der Waals surface area contributed by atoms with Gasteiger partial charge in [0, 0.05) is 11.9 Å². The second kappa shape index (κ2) is 5.77. The van der Waals surface area contributed by atoms with Crippen molar-refractivity contribution in [1.29, 1.82) is 0 Å². The zero-order valence-electron chi connectivity index (χ0n) is 11.6. The Kier molecular flexibility index (Phi) is 3.84. The topological polar surface area (TPSA) is 34.9 Å². The minimum absolute atomic E-state index is 0.217. The number of nitrogens with zero attached hydrogens (tertiary/aromatic N) is 2. The van der Waals surface area contributed by atoms with Crippen LogP contribution in [0, 0.1) is 5.82 Å². The standard InChI is InChI=1S/C16H15FN2OS/c1-2-19-15-9-5-3-7-12(15)14(18-19)11-21(20)16-10-6-4-8-13(16)17/h3-10H,2,11H2,1H3. The van der Waals surface area contributed by atoms with E-state index in [0.717, 1.165) is 23.1 Å². The summed E-state index contributed by atoms with van der Waals surface area (Å²) in [6.07, 6.45) is 0. The van der Waals surface area contributed by atoms with Gasteiger partial charge in [0.2, 0.25) is 0 Å². The monoisotopic (exact) mass is 302 g/mol. The first kappa shape index (κ1) is 13.9. The summed E-state index contributed by atoms with van der Waals surface area (Å²) >= 11 is 0. The van der Waals surface area contributed by atoms with Gasteiger partial charge in [-0.1, -0.05) is 30.3 Å². The molecule has 1 atom stereocenters. The molecular weight excluding hydrogens is 287 g/mol. The lowest BCUT2D eigenvalue weighted by atomic mass is 10.2. The highest BCUT2D eigenvalue weighted by Gasteiger charge is 2.15.